The summed E-state index contributed by atoms with van der Waals surface area (Å²) in [5.41, 5.74) is 0.514. The summed E-state index contributed by atoms with van der Waals surface area (Å²) in [6, 6.07) is 16.4. The summed E-state index contributed by atoms with van der Waals surface area (Å²) >= 11 is 3.43. The molecular weight excluding hydrogens is 476 g/mol. The van der Waals surface area contributed by atoms with Gasteiger partial charge in [-0.1, -0.05) is 39.3 Å². The largest absolute Gasteiger partial charge is 0.456 e. The molecule has 1 saturated heterocycles. The molecule has 0 radical (unpaired) electrons. The van der Waals surface area contributed by atoms with Gasteiger partial charge in [-0.15, -0.1) is 0 Å². The Hall–Kier alpha value is -3.17. The van der Waals surface area contributed by atoms with Crippen LogP contribution in [-0.4, -0.2) is 59.5 Å². The minimum absolute atomic E-state index is 0.0854. The van der Waals surface area contributed by atoms with Crippen molar-refractivity contribution >= 4 is 33.6 Å². The van der Waals surface area contributed by atoms with Crippen LogP contribution >= 0.6 is 15.9 Å². The number of anilines is 1. The number of ether oxygens (including phenoxy) is 1. The third kappa shape index (κ3) is 5.54. The fourth-order valence-electron chi connectivity index (χ4n) is 3.48. The second-order valence-electron chi connectivity index (χ2n) is 7.49. The molecule has 4 rings (SSSR count). The smallest absolute Gasteiger partial charge is 0.257 e. The topological polar surface area (TPSA) is 87.9 Å². The Bertz CT molecular complexity index is 1110. The second kappa shape index (κ2) is 9.97. The molecule has 1 aromatic heterocycles. The summed E-state index contributed by atoms with van der Waals surface area (Å²) in [4.78, 5) is 29.2. The average molecular weight is 499 g/mol. The molecule has 2 heterocycles. The zero-order chi connectivity index (χ0) is 22.5. The van der Waals surface area contributed by atoms with Crippen LogP contribution in [0.4, 0.5) is 5.82 Å². The van der Waals surface area contributed by atoms with Gasteiger partial charge in [0.1, 0.15) is 17.3 Å². The lowest BCUT2D eigenvalue weighted by atomic mass is 10.1. The van der Waals surface area contributed by atoms with Gasteiger partial charge in [-0.25, -0.2) is 0 Å². The maximum Gasteiger partial charge on any atom is 0.257 e. The zero-order valence-electron chi connectivity index (χ0n) is 17.6. The van der Waals surface area contributed by atoms with Crippen LogP contribution in [0, 0.1) is 6.92 Å². The first-order valence-corrected chi connectivity index (χ1v) is 11.0. The van der Waals surface area contributed by atoms with E-state index in [1.807, 2.05) is 41.3 Å². The van der Waals surface area contributed by atoms with Crippen LogP contribution in [0.25, 0.3) is 0 Å². The third-order valence-electron chi connectivity index (χ3n) is 5.06. The van der Waals surface area contributed by atoms with Crippen molar-refractivity contribution in [3.8, 4) is 11.5 Å². The van der Waals surface area contributed by atoms with Crippen LogP contribution in [0.3, 0.4) is 0 Å². The molecule has 1 aliphatic heterocycles. The maximum absolute atomic E-state index is 13.2. The summed E-state index contributed by atoms with van der Waals surface area (Å²) in [6.07, 6.45) is 0. The fraction of sp³-hybridized carbons (Fsp3) is 0.261. The number of aromatic nitrogens is 1. The Morgan fingerprint density at radius 1 is 1.09 bits per heavy atom. The van der Waals surface area contributed by atoms with E-state index in [0.717, 1.165) is 4.47 Å². The molecule has 0 spiro atoms. The van der Waals surface area contributed by atoms with E-state index in [2.05, 4.69) is 26.4 Å². The Labute approximate surface area is 194 Å². The number of aryl methyl sites for hydroxylation is 1. The third-order valence-corrected chi connectivity index (χ3v) is 5.56. The first-order chi connectivity index (χ1) is 15.5. The lowest BCUT2D eigenvalue weighted by Gasteiger charge is -2.34. The molecule has 2 aromatic carbocycles. The minimum atomic E-state index is -0.161. The van der Waals surface area contributed by atoms with Gasteiger partial charge >= 0.3 is 0 Å². The molecule has 3 aromatic rings. The van der Waals surface area contributed by atoms with Crippen molar-refractivity contribution in [2.75, 3.05) is 38.0 Å². The molecule has 0 unspecified atom stereocenters. The normalized spacial score (nSPS) is 14.2. The maximum atomic E-state index is 13.2. The molecule has 8 nitrogen and oxygen atoms in total. The van der Waals surface area contributed by atoms with Gasteiger partial charge in [0.2, 0.25) is 5.91 Å². The highest BCUT2D eigenvalue weighted by Crippen LogP contribution is 2.28. The monoisotopic (exact) mass is 498 g/mol. The Morgan fingerprint density at radius 3 is 2.59 bits per heavy atom. The van der Waals surface area contributed by atoms with Crippen LogP contribution in [0.15, 0.2) is 63.6 Å². The molecule has 1 aliphatic rings. The van der Waals surface area contributed by atoms with Crippen LogP contribution in [0.2, 0.25) is 0 Å². The van der Waals surface area contributed by atoms with Crippen molar-refractivity contribution < 1.29 is 18.8 Å². The number of halogens is 1. The van der Waals surface area contributed by atoms with Crippen LogP contribution in [0.5, 0.6) is 11.5 Å². The number of benzene rings is 2. The van der Waals surface area contributed by atoms with Crippen molar-refractivity contribution in [2.45, 2.75) is 6.92 Å². The summed E-state index contributed by atoms with van der Waals surface area (Å²) < 4.78 is 11.8. The first-order valence-electron chi connectivity index (χ1n) is 10.3. The van der Waals surface area contributed by atoms with Crippen LogP contribution < -0.4 is 10.1 Å². The molecule has 0 bridgehead atoms. The summed E-state index contributed by atoms with van der Waals surface area (Å²) in [5.74, 6) is 1.96. The molecule has 9 heteroatoms. The van der Waals surface area contributed by atoms with Crippen LogP contribution in [-0.2, 0) is 4.79 Å². The van der Waals surface area contributed by atoms with Gasteiger partial charge in [-0.2, -0.15) is 0 Å². The van der Waals surface area contributed by atoms with E-state index in [9.17, 15) is 9.59 Å². The molecule has 0 aliphatic carbocycles. The number of rotatable bonds is 6. The van der Waals surface area contributed by atoms with Crippen molar-refractivity contribution in [2.24, 2.45) is 0 Å². The van der Waals surface area contributed by atoms with Gasteiger partial charge in [0.25, 0.3) is 5.91 Å². The lowest BCUT2D eigenvalue weighted by Crippen LogP contribution is -2.50. The predicted octanol–water partition coefficient (Wildman–Crippen LogP) is 3.93. The van der Waals surface area contributed by atoms with Gasteiger partial charge in [0.05, 0.1) is 12.1 Å². The van der Waals surface area contributed by atoms with Crippen LogP contribution in [0.1, 0.15) is 16.1 Å². The number of nitrogens with one attached hydrogen (secondary N) is 1. The quantitative estimate of drug-likeness (QED) is 0.553. The van der Waals surface area contributed by atoms with Gasteiger partial charge < -0.3 is 19.5 Å². The van der Waals surface area contributed by atoms with Crippen molar-refractivity contribution in [3.63, 3.8) is 0 Å². The number of carbonyl (C=O) groups is 2. The number of para-hydroxylation sites is 1. The Kier molecular flexibility index (Phi) is 6.87. The highest BCUT2D eigenvalue weighted by atomic mass is 79.9. The van der Waals surface area contributed by atoms with Gasteiger partial charge in [0, 0.05) is 36.7 Å². The number of piperazine rings is 1. The number of amides is 2. The summed E-state index contributed by atoms with van der Waals surface area (Å²) in [6.45, 7) is 4.26. The van der Waals surface area contributed by atoms with E-state index < -0.39 is 0 Å². The van der Waals surface area contributed by atoms with E-state index in [-0.39, 0.29) is 18.4 Å². The molecule has 0 saturated carbocycles. The first kappa shape index (κ1) is 22.0. The molecule has 166 valence electrons. The van der Waals surface area contributed by atoms with E-state index in [1.165, 1.54) is 0 Å². The predicted molar refractivity (Wildman–Crippen MR) is 123 cm³/mol. The summed E-state index contributed by atoms with van der Waals surface area (Å²) in [5, 5.41) is 6.49. The SMILES string of the molecule is Cc1cc(NC(=O)CN2CCN(C(=O)c3ccccc3Oc3cccc(Br)c3)CC2)no1. The van der Waals surface area contributed by atoms with E-state index in [4.69, 9.17) is 9.26 Å². The highest BCUT2D eigenvalue weighted by molar-refractivity contribution is 9.10. The zero-order valence-corrected chi connectivity index (χ0v) is 19.2. The van der Waals surface area contributed by atoms with Gasteiger partial charge in [0.15, 0.2) is 5.82 Å². The molecule has 32 heavy (non-hydrogen) atoms. The highest BCUT2D eigenvalue weighted by Gasteiger charge is 2.25. The van der Waals surface area contributed by atoms with Crippen molar-refractivity contribution in [3.05, 3.63) is 70.4 Å². The fourth-order valence-corrected chi connectivity index (χ4v) is 3.86. The van der Waals surface area contributed by atoms with E-state index >= 15 is 0 Å². The Morgan fingerprint density at radius 2 is 1.88 bits per heavy atom. The minimum Gasteiger partial charge on any atom is -0.456 e. The number of nitrogens with zero attached hydrogens (tertiary/aromatic N) is 3. The van der Waals surface area contributed by atoms with Gasteiger partial charge in [-0.3, -0.25) is 14.5 Å². The van der Waals surface area contributed by atoms with Crippen molar-refractivity contribution in [1.29, 1.82) is 0 Å². The molecular formula is C23H23BrN4O4. The number of hydrogen-bond donors (Lipinski definition) is 1. The van der Waals surface area contributed by atoms with Gasteiger partial charge in [-0.05, 0) is 37.3 Å². The standard InChI is InChI=1S/C23H23BrN4O4/c1-16-13-21(26-32-16)25-22(29)15-27-9-11-28(12-10-27)23(30)19-7-2-3-8-20(19)31-18-6-4-5-17(24)14-18/h2-8,13-14H,9-12,15H2,1H3,(H,25,26,29). The lowest BCUT2D eigenvalue weighted by molar-refractivity contribution is -0.117. The second-order valence-corrected chi connectivity index (χ2v) is 8.41. The number of carbonyl (C=O) groups excluding carboxylic acids is 2. The average Bonchev–Trinajstić information content (AvgIpc) is 3.18. The van der Waals surface area contributed by atoms with E-state index in [0.29, 0.717) is 54.8 Å². The molecule has 1 fully saturated rings. The number of hydrogen-bond acceptors (Lipinski definition) is 6. The molecule has 2 amide bonds. The Balaban J connectivity index is 1.34. The molecule has 0 atom stereocenters. The van der Waals surface area contributed by atoms with E-state index in [1.54, 1.807) is 30.0 Å². The van der Waals surface area contributed by atoms with Crippen molar-refractivity contribution in [1.82, 2.24) is 15.0 Å². The summed E-state index contributed by atoms with van der Waals surface area (Å²) in [7, 11) is 0. The molecule has 1 N–H and O–H groups in total.